The van der Waals surface area contributed by atoms with Crippen LogP contribution >= 0.6 is 0 Å². The van der Waals surface area contributed by atoms with Gasteiger partial charge in [-0.1, -0.05) is 6.08 Å². The van der Waals surface area contributed by atoms with Crippen LogP contribution in [0.5, 0.6) is 0 Å². The lowest BCUT2D eigenvalue weighted by atomic mass is 10.2. The summed E-state index contributed by atoms with van der Waals surface area (Å²) in [7, 11) is 0. The third-order valence-electron chi connectivity index (χ3n) is 1.56. The molecular formula is C9H11NO. The van der Waals surface area contributed by atoms with Gasteiger partial charge in [0.2, 0.25) is 0 Å². The van der Waals surface area contributed by atoms with Gasteiger partial charge in [0.05, 0.1) is 6.42 Å². The fourth-order valence-corrected chi connectivity index (χ4v) is 0.959. The zero-order chi connectivity index (χ0) is 8.27. The van der Waals surface area contributed by atoms with Gasteiger partial charge in [0, 0.05) is 19.1 Å². The lowest BCUT2D eigenvalue weighted by Crippen LogP contribution is -2.34. The molecule has 1 rings (SSSR count). The molecule has 0 aliphatic heterocycles. The first-order chi connectivity index (χ1) is 5.25. The van der Waals surface area contributed by atoms with E-state index in [1.54, 1.807) is 19.1 Å². The van der Waals surface area contributed by atoms with Crippen LogP contribution in [0.4, 0.5) is 0 Å². The molecule has 0 unspecified atom stereocenters. The van der Waals surface area contributed by atoms with Crippen LogP contribution in [0.2, 0.25) is 0 Å². The number of aromatic nitrogens is 1. The van der Waals surface area contributed by atoms with Crippen molar-refractivity contribution in [3.8, 4) is 0 Å². The minimum atomic E-state index is 0.630. The van der Waals surface area contributed by atoms with Crippen molar-refractivity contribution in [3.63, 3.8) is 0 Å². The molecule has 0 atom stereocenters. The number of hydrogen-bond acceptors (Lipinski definition) is 1. The highest BCUT2D eigenvalue weighted by Crippen LogP contribution is 1.96. The molecule has 1 aromatic heterocycles. The standard InChI is InChI=1S/C9H11NO/c1-3-5-9-7-4-6-8(2)10(9)11/h3-4,6-7H,1,5H2,2H3. The summed E-state index contributed by atoms with van der Waals surface area (Å²) in [5.41, 5.74) is 1.48. The molecule has 11 heavy (non-hydrogen) atoms. The summed E-state index contributed by atoms with van der Waals surface area (Å²) in [6.07, 6.45) is 2.36. The molecule has 0 amide bonds. The van der Waals surface area contributed by atoms with Crippen molar-refractivity contribution in [1.29, 1.82) is 0 Å². The number of pyridine rings is 1. The van der Waals surface area contributed by atoms with Crippen LogP contribution < -0.4 is 4.73 Å². The molecule has 0 radical (unpaired) electrons. The first-order valence-electron chi connectivity index (χ1n) is 3.54. The minimum Gasteiger partial charge on any atom is -0.618 e. The van der Waals surface area contributed by atoms with Crippen LogP contribution in [0.1, 0.15) is 11.4 Å². The predicted octanol–water partition coefficient (Wildman–Crippen LogP) is 1.36. The molecule has 0 saturated heterocycles. The summed E-state index contributed by atoms with van der Waals surface area (Å²) in [6, 6.07) is 5.48. The third-order valence-corrected chi connectivity index (χ3v) is 1.56. The van der Waals surface area contributed by atoms with Gasteiger partial charge in [-0.15, -0.1) is 6.58 Å². The second kappa shape index (κ2) is 3.19. The Morgan fingerprint density at radius 2 is 2.36 bits per heavy atom. The van der Waals surface area contributed by atoms with Crippen LogP contribution in [0.3, 0.4) is 0 Å². The average Bonchev–Trinajstić information content (AvgIpc) is 1.99. The van der Waals surface area contributed by atoms with Gasteiger partial charge in [-0.3, -0.25) is 0 Å². The van der Waals surface area contributed by atoms with E-state index in [-0.39, 0.29) is 0 Å². The van der Waals surface area contributed by atoms with Crippen molar-refractivity contribution in [3.05, 3.63) is 47.4 Å². The molecule has 0 bridgehead atoms. The lowest BCUT2D eigenvalue weighted by molar-refractivity contribution is -0.620. The molecule has 0 N–H and O–H groups in total. The highest BCUT2D eigenvalue weighted by molar-refractivity contribution is 5.05. The van der Waals surface area contributed by atoms with E-state index >= 15 is 0 Å². The van der Waals surface area contributed by atoms with Crippen molar-refractivity contribution in [2.75, 3.05) is 0 Å². The monoisotopic (exact) mass is 149 g/mol. The van der Waals surface area contributed by atoms with Crippen LogP contribution in [0.25, 0.3) is 0 Å². The summed E-state index contributed by atoms with van der Waals surface area (Å²) in [5, 5.41) is 11.2. The van der Waals surface area contributed by atoms with Gasteiger partial charge in [-0.25, -0.2) is 0 Å². The fourth-order valence-electron chi connectivity index (χ4n) is 0.959. The van der Waals surface area contributed by atoms with E-state index in [2.05, 4.69) is 6.58 Å². The van der Waals surface area contributed by atoms with Crippen LogP contribution in [0, 0.1) is 12.1 Å². The SMILES string of the molecule is C=CCc1cccc(C)[n+]1[O-]. The molecule has 58 valence electrons. The maximum Gasteiger partial charge on any atom is 0.196 e. The summed E-state index contributed by atoms with van der Waals surface area (Å²) in [5.74, 6) is 0. The Balaban J connectivity index is 3.05. The van der Waals surface area contributed by atoms with Gasteiger partial charge < -0.3 is 5.21 Å². The molecule has 0 aromatic carbocycles. The first kappa shape index (κ1) is 7.79. The predicted molar refractivity (Wildman–Crippen MR) is 44.0 cm³/mol. The highest BCUT2D eigenvalue weighted by Gasteiger charge is 2.03. The molecule has 0 aliphatic rings. The van der Waals surface area contributed by atoms with Crippen molar-refractivity contribution in [2.45, 2.75) is 13.3 Å². The van der Waals surface area contributed by atoms with Gasteiger partial charge in [-0.2, -0.15) is 4.73 Å². The summed E-state index contributed by atoms with van der Waals surface area (Å²) in [6.45, 7) is 5.37. The highest BCUT2D eigenvalue weighted by atomic mass is 16.5. The molecule has 0 spiro atoms. The van der Waals surface area contributed by atoms with E-state index in [0.29, 0.717) is 6.42 Å². The number of rotatable bonds is 2. The second-order valence-electron chi connectivity index (χ2n) is 2.45. The number of aryl methyl sites for hydroxylation is 1. The van der Waals surface area contributed by atoms with Crippen molar-refractivity contribution < 1.29 is 4.73 Å². The summed E-state index contributed by atoms with van der Waals surface area (Å²) < 4.78 is 0.932. The van der Waals surface area contributed by atoms with Gasteiger partial charge in [-0.05, 0) is 6.07 Å². The molecule has 1 heterocycles. The summed E-state index contributed by atoms with van der Waals surface area (Å²) in [4.78, 5) is 0. The fraction of sp³-hybridized carbons (Fsp3) is 0.222. The zero-order valence-electron chi connectivity index (χ0n) is 6.58. The maximum atomic E-state index is 11.2. The topological polar surface area (TPSA) is 26.9 Å². The van der Waals surface area contributed by atoms with E-state index in [0.717, 1.165) is 16.1 Å². The molecule has 0 aliphatic carbocycles. The van der Waals surface area contributed by atoms with Gasteiger partial charge >= 0.3 is 0 Å². The average molecular weight is 149 g/mol. The summed E-state index contributed by atoms with van der Waals surface area (Å²) >= 11 is 0. The maximum absolute atomic E-state index is 11.2. The number of allylic oxidation sites excluding steroid dienone is 1. The molecule has 2 nitrogen and oxygen atoms in total. The lowest BCUT2D eigenvalue weighted by Gasteiger charge is -2.03. The molecule has 1 aromatic rings. The van der Waals surface area contributed by atoms with Gasteiger partial charge in [0.1, 0.15) is 0 Å². The largest absolute Gasteiger partial charge is 0.618 e. The second-order valence-corrected chi connectivity index (χ2v) is 2.45. The van der Waals surface area contributed by atoms with Crippen molar-refractivity contribution in [1.82, 2.24) is 0 Å². The molecule has 0 saturated carbocycles. The molecule has 0 fully saturated rings. The Hall–Kier alpha value is -1.31. The van der Waals surface area contributed by atoms with Crippen LogP contribution in [0.15, 0.2) is 30.9 Å². The quantitative estimate of drug-likeness (QED) is 0.354. The zero-order valence-corrected chi connectivity index (χ0v) is 6.58. The molecular weight excluding hydrogens is 138 g/mol. The van der Waals surface area contributed by atoms with Gasteiger partial charge in [0.15, 0.2) is 11.4 Å². The third kappa shape index (κ3) is 1.58. The van der Waals surface area contributed by atoms with E-state index in [1.807, 2.05) is 12.1 Å². The Kier molecular flexibility index (Phi) is 2.26. The Morgan fingerprint density at radius 3 is 3.00 bits per heavy atom. The minimum absolute atomic E-state index is 0.630. The van der Waals surface area contributed by atoms with Crippen LogP contribution in [-0.4, -0.2) is 0 Å². The van der Waals surface area contributed by atoms with E-state index < -0.39 is 0 Å². The Bertz CT molecular complexity index is 268. The van der Waals surface area contributed by atoms with Crippen molar-refractivity contribution in [2.24, 2.45) is 0 Å². The number of nitrogens with zero attached hydrogens (tertiary/aromatic N) is 1. The first-order valence-corrected chi connectivity index (χ1v) is 3.54. The Labute approximate surface area is 66.4 Å². The number of hydrogen-bond donors (Lipinski definition) is 0. The molecule has 2 heteroatoms. The Morgan fingerprint density at radius 1 is 1.64 bits per heavy atom. The normalized spacial score (nSPS) is 9.55. The van der Waals surface area contributed by atoms with Crippen molar-refractivity contribution >= 4 is 0 Å². The van der Waals surface area contributed by atoms with Gasteiger partial charge in [0.25, 0.3) is 0 Å². The van der Waals surface area contributed by atoms with Crippen LogP contribution in [-0.2, 0) is 6.42 Å². The smallest absolute Gasteiger partial charge is 0.196 e. The van der Waals surface area contributed by atoms with E-state index in [9.17, 15) is 5.21 Å². The van der Waals surface area contributed by atoms with E-state index in [4.69, 9.17) is 0 Å². The van der Waals surface area contributed by atoms with E-state index in [1.165, 1.54) is 0 Å².